The van der Waals surface area contributed by atoms with E-state index in [4.69, 9.17) is 5.73 Å². The van der Waals surface area contributed by atoms with Gasteiger partial charge in [-0.05, 0) is 38.7 Å². The van der Waals surface area contributed by atoms with Crippen LogP contribution in [-0.2, 0) is 4.79 Å². The van der Waals surface area contributed by atoms with Crippen molar-refractivity contribution in [2.45, 2.75) is 71.4 Å². The van der Waals surface area contributed by atoms with Crippen molar-refractivity contribution in [1.29, 1.82) is 0 Å². The second kappa shape index (κ2) is 8.53. The molecule has 0 radical (unpaired) electrons. The van der Waals surface area contributed by atoms with Crippen molar-refractivity contribution in [2.24, 2.45) is 11.7 Å². The molecule has 2 heterocycles. The molecule has 1 aliphatic rings. The van der Waals surface area contributed by atoms with E-state index in [1.807, 2.05) is 33.8 Å². The van der Waals surface area contributed by atoms with Crippen molar-refractivity contribution in [1.82, 2.24) is 19.7 Å². The first-order chi connectivity index (χ1) is 14.0. The third-order valence-corrected chi connectivity index (χ3v) is 5.26. The van der Waals surface area contributed by atoms with E-state index in [1.165, 1.54) is 0 Å². The van der Waals surface area contributed by atoms with E-state index in [9.17, 15) is 13.6 Å². The number of halogens is 2. The first kappa shape index (κ1) is 21.9. The van der Waals surface area contributed by atoms with Crippen LogP contribution in [0.25, 0.3) is 5.95 Å². The lowest BCUT2D eigenvalue weighted by molar-refractivity contribution is -0.119. The quantitative estimate of drug-likeness (QED) is 0.633. The van der Waals surface area contributed by atoms with Gasteiger partial charge in [0.1, 0.15) is 17.7 Å². The number of primary amides is 1. The number of nitrogens with one attached hydrogen (secondary N) is 2. The maximum atomic E-state index is 13.5. The molecule has 0 spiro atoms. The fraction of sp³-hybridized carbons (Fsp3) is 0.600. The van der Waals surface area contributed by atoms with Crippen molar-refractivity contribution >= 4 is 17.5 Å². The van der Waals surface area contributed by atoms with Crippen molar-refractivity contribution < 1.29 is 13.6 Å². The van der Waals surface area contributed by atoms with Crippen LogP contribution in [0.1, 0.15) is 50.9 Å². The van der Waals surface area contributed by atoms with Gasteiger partial charge < -0.3 is 16.4 Å². The Kier molecular flexibility index (Phi) is 6.23. The first-order valence-corrected chi connectivity index (χ1v) is 10.2. The van der Waals surface area contributed by atoms with Crippen LogP contribution in [-0.4, -0.2) is 43.7 Å². The lowest BCUT2D eigenvalue weighted by atomic mass is 9.92. The van der Waals surface area contributed by atoms with Gasteiger partial charge in [0.2, 0.25) is 11.8 Å². The Bertz CT molecular complexity index is 903. The summed E-state index contributed by atoms with van der Waals surface area (Å²) in [6.45, 7) is 7.52. The predicted octanol–water partition coefficient (Wildman–Crippen LogP) is 3.19. The molecule has 30 heavy (non-hydrogen) atoms. The maximum absolute atomic E-state index is 13.5. The standard InChI is InChI=1S/C20H29F2N7O/c1-11(2)17(18(23)30)25-16-10-15(24-14-5-7-20(21,22)8-6-14)26-19(27-16)29-13(4)9-12(3)28-29/h9-11,14,17H,5-8H2,1-4H3,(H2,23,30)(H2,24,25,26,27). The fourth-order valence-electron chi connectivity index (χ4n) is 3.63. The lowest BCUT2D eigenvalue weighted by Crippen LogP contribution is -2.40. The van der Waals surface area contributed by atoms with Crippen LogP contribution in [0.5, 0.6) is 0 Å². The second-order valence-corrected chi connectivity index (χ2v) is 8.32. The van der Waals surface area contributed by atoms with Gasteiger partial charge >= 0.3 is 0 Å². The van der Waals surface area contributed by atoms with E-state index >= 15 is 0 Å². The minimum atomic E-state index is -2.60. The third-order valence-electron chi connectivity index (χ3n) is 5.26. The molecule has 0 saturated heterocycles. The Morgan fingerprint density at radius 3 is 2.37 bits per heavy atom. The molecule has 1 saturated carbocycles. The van der Waals surface area contributed by atoms with E-state index in [2.05, 4.69) is 25.7 Å². The number of alkyl halides is 2. The van der Waals surface area contributed by atoms with E-state index in [0.717, 1.165) is 11.4 Å². The number of hydrogen-bond acceptors (Lipinski definition) is 6. The van der Waals surface area contributed by atoms with Crippen molar-refractivity contribution in [2.75, 3.05) is 10.6 Å². The van der Waals surface area contributed by atoms with Gasteiger partial charge in [-0.2, -0.15) is 15.1 Å². The number of nitrogens with zero attached hydrogens (tertiary/aromatic N) is 4. The third kappa shape index (κ3) is 5.22. The Labute approximate surface area is 174 Å². The molecule has 2 aromatic heterocycles. The average molecular weight is 421 g/mol. The minimum absolute atomic E-state index is 0.0495. The summed E-state index contributed by atoms with van der Waals surface area (Å²) in [6, 6.07) is 2.84. The molecule has 8 nitrogen and oxygen atoms in total. The number of hydrogen-bond donors (Lipinski definition) is 3. The molecule has 1 amide bonds. The minimum Gasteiger partial charge on any atom is -0.368 e. The lowest BCUT2D eigenvalue weighted by Gasteiger charge is -2.29. The molecule has 1 unspecified atom stereocenters. The van der Waals surface area contributed by atoms with Gasteiger partial charge in [-0.1, -0.05) is 13.8 Å². The number of anilines is 2. The van der Waals surface area contributed by atoms with Gasteiger partial charge in [0.05, 0.1) is 5.69 Å². The summed E-state index contributed by atoms with van der Waals surface area (Å²) in [4.78, 5) is 20.9. The van der Waals surface area contributed by atoms with Crippen LogP contribution >= 0.6 is 0 Å². The zero-order valence-corrected chi connectivity index (χ0v) is 17.7. The molecule has 1 fully saturated rings. The molecule has 164 valence electrons. The molecular formula is C20H29F2N7O. The summed E-state index contributed by atoms with van der Waals surface area (Å²) in [6.07, 6.45) is 0.403. The molecule has 2 aromatic rings. The highest BCUT2D eigenvalue weighted by Gasteiger charge is 2.35. The topological polar surface area (TPSA) is 111 Å². The van der Waals surface area contributed by atoms with Crippen molar-refractivity contribution in [3.05, 3.63) is 23.5 Å². The van der Waals surface area contributed by atoms with Crippen molar-refractivity contribution in [3.8, 4) is 5.95 Å². The van der Waals surface area contributed by atoms with Gasteiger partial charge in [0.25, 0.3) is 5.95 Å². The first-order valence-electron chi connectivity index (χ1n) is 10.2. The van der Waals surface area contributed by atoms with Gasteiger partial charge in [-0.25, -0.2) is 13.5 Å². The van der Waals surface area contributed by atoms with Crippen LogP contribution in [0.4, 0.5) is 20.4 Å². The number of rotatable bonds is 7. The average Bonchev–Trinajstić information content (AvgIpc) is 2.99. The van der Waals surface area contributed by atoms with Crippen molar-refractivity contribution in [3.63, 3.8) is 0 Å². The molecule has 0 aromatic carbocycles. The zero-order chi connectivity index (χ0) is 22.1. The second-order valence-electron chi connectivity index (χ2n) is 8.32. The summed E-state index contributed by atoms with van der Waals surface area (Å²) in [5, 5.41) is 10.7. The summed E-state index contributed by atoms with van der Waals surface area (Å²) in [5.41, 5.74) is 7.19. The smallest absolute Gasteiger partial charge is 0.254 e. The molecule has 1 atom stereocenters. The summed E-state index contributed by atoms with van der Waals surface area (Å²) >= 11 is 0. The maximum Gasteiger partial charge on any atom is 0.254 e. The Morgan fingerprint density at radius 1 is 1.20 bits per heavy atom. The summed E-state index contributed by atoms with van der Waals surface area (Å²) in [5.74, 6) is -1.92. The van der Waals surface area contributed by atoms with Gasteiger partial charge in [-0.15, -0.1) is 0 Å². The molecule has 1 aliphatic carbocycles. The normalized spacial score (nSPS) is 17.7. The monoisotopic (exact) mass is 421 g/mol. The van der Waals surface area contributed by atoms with E-state index in [0.29, 0.717) is 30.4 Å². The highest BCUT2D eigenvalue weighted by Crippen LogP contribution is 2.34. The largest absolute Gasteiger partial charge is 0.368 e. The molecular weight excluding hydrogens is 392 g/mol. The SMILES string of the molecule is Cc1cc(C)n(-c2nc(NC3CCC(F)(F)CC3)cc(NC(C(N)=O)C(C)C)n2)n1. The van der Waals surface area contributed by atoms with Crippen LogP contribution in [0.2, 0.25) is 0 Å². The highest BCUT2D eigenvalue weighted by atomic mass is 19.3. The fourth-order valence-corrected chi connectivity index (χ4v) is 3.63. The van der Waals surface area contributed by atoms with Gasteiger partial charge in [0, 0.05) is 30.6 Å². The number of carbonyl (C=O) groups excluding carboxylic acids is 1. The summed E-state index contributed by atoms with van der Waals surface area (Å²) in [7, 11) is 0. The van der Waals surface area contributed by atoms with Crippen LogP contribution < -0.4 is 16.4 Å². The molecule has 4 N–H and O–H groups in total. The van der Waals surface area contributed by atoms with Gasteiger partial charge in [-0.3, -0.25) is 4.79 Å². The van der Waals surface area contributed by atoms with E-state index in [-0.39, 0.29) is 24.8 Å². The van der Waals surface area contributed by atoms with Crippen LogP contribution in [0.15, 0.2) is 12.1 Å². The molecule has 10 heteroatoms. The number of amides is 1. The van der Waals surface area contributed by atoms with Crippen LogP contribution in [0, 0.1) is 19.8 Å². The van der Waals surface area contributed by atoms with E-state index < -0.39 is 17.9 Å². The number of nitrogens with two attached hydrogens (primary N) is 1. The molecule has 3 rings (SSSR count). The molecule has 0 aliphatic heterocycles. The number of aryl methyl sites for hydroxylation is 2. The number of carbonyl (C=O) groups is 1. The zero-order valence-electron chi connectivity index (χ0n) is 17.7. The van der Waals surface area contributed by atoms with Crippen LogP contribution in [0.3, 0.4) is 0 Å². The Hall–Kier alpha value is -2.78. The number of aromatic nitrogens is 4. The van der Waals surface area contributed by atoms with Gasteiger partial charge in [0.15, 0.2) is 0 Å². The van der Waals surface area contributed by atoms with E-state index in [1.54, 1.807) is 10.7 Å². The Morgan fingerprint density at radius 2 is 1.83 bits per heavy atom. The predicted molar refractivity (Wildman–Crippen MR) is 111 cm³/mol. The summed E-state index contributed by atoms with van der Waals surface area (Å²) < 4.78 is 28.6. The highest BCUT2D eigenvalue weighted by molar-refractivity contribution is 5.83. The molecule has 0 bridgehead atoms. The Balaban J connectivity index is 1.92.